The van der Waals surface area contributed by atoms with E-state index in [0.717, 1.165) is 11.1 Å². The van der Waals surface area contributed by atoms with Gasteiger partial charge in [-0.25, -0.2) is 0 Å². The predicted molar refractivity (Wildman–Crippen MR) is 105 cm³/mol. The number of benzene rings is 3. The van der Waals surface area contributed by atoms with Gasteiger partial charge in [0.2, 0.25) is 5.05 Å². The summed E-state index contributed by atoms with van der Waals surface area (Å²) in [5.74, 6) is 0.690. The molecule has 0 aromatic heterocycles. The molecule has 0 spiro atoms. The van der Waals surface area contributed by atoms with Gasteiger partial charge in [-0.3, -0.25) is 0 Å². The summed E-state index contributed by atoms with van der Waals surface area (Å²) in [4.78, 5) is 0. The highest BCUT2D eigenvalue weighted by atomic mass is 35.5. The van der Waals surface area contributed by atoms with Crippen molar-refractivity contribution in [2.45, 2.75) is 12.7 Å². The van der Waals surface area contributed by atoms with E-state index < -0.39 is 6.10 Å². The largest absolute Gasteiger partial charge is 0.447 e. The van der Waals surface area contributed by atoms with E-state index in [2.05, 4.69) is 0 Å². The van der Waals surface area contributed by atoms with Gasteiger partial charge in [0.25, 0.3) is 0 Å². The van der Waals surface area contributed by atoms with Gasteiger partial charge < -0.3 is 9.47 Å². The van der Waals surface area contributed by atoms with E-state index in [4.69, 9.17) is 33.3 Å². The molecule has 1 unspecified atom stereocenters. The molecule has 1 atom stereocenters. The van der Waals surface area contributed by atoms with E-state index >= 15 is 0 Å². The molecule has 0 radical (unpaired) electrons. The van der Waals surface area contributed by atoms with Crippen LogP contribution in [0.2, 0.25) is 5.02 Å². The monoisotopic (exact) mass is 368 g/mol. The molecule has 4 heteroatoms. The highest BCUT2D eigenvalue weighted by molar-refractivity contribution is 7.80. The van der Waals surface area contributed by atoms with Crippen LogP contribution < -0.4 is 4.74 Å². The van der Waals surface area contributed by atoms with Crippen molar-refractivity contribution in [2.75, 3.05) is 0 Å². The maximum absolute atomic E-state index is 6.08. The SMILES string of the molecule is S=C(Oc1ccccc1)C(OCc1ccccc1)c1ccc(Cl)cc1. The van der Waals surface area contributed by atoms with Crippen LogP contribution in [-0.4, -0.2) is 5.05 Å². The average molecular weight is 369 g/mol. The molecule has 0 fully saturated rings. The molecule has 3 aromatic carbocycles. The number of para-hydroxylation sites is 1. The highest BCUT2D eigenvalue weighted by Crippen LogP contribution is 2.25. The van der Waals surface area contributed by atoms with Crippen molar-refractivity contribution in [1.82, 2.24) is 0 Å². The van der Waals surface area contributed by atoms with Gasteiger partial charge in [0.05, 0.1) is 6.61 Å². The quantitative estimate of drug-likeness (QED) is 0.497. The Morgan fingerprint density at radius 1 is 0.840 bits per heavy atom. The molecule has 0 aliphatic carbocycles. The summed E-state index contributed by atoms with van der Waals surface area (Å²) in [7, 11) is 0. The molecule has 0 saturated carbocycles. The molecule has 126 valence electrons. The molecule has 0 N–H and O–H groups in total. The molecule has 3 aromatic rings. The number of hydrogen-bond donors (Lipinski definition) is 0. The van der Waals surface area contributed by atoms with Gasteiger partial charge in [-0.1, -0.05) is 72.3 Å². The van der Waals surface area contributed by atoms with E-state index in [1.807, 2.05) is 84.9 Å². The van der Waals surface area contributed by atoms with E-state index in [1.165, 1.54) is 0 Å². The molecular weight excluding hydrogens is 352 g/mol. The van der Waals surface area contributed by atoms with Gasteiger partial charge in [-0.2, -0.15) is 0 Å². The first-order chi connectivity index (χ1) is 12.2. The first kappa shape index (κ1) is 17.6. The third-order valence-corrected chi connectivity index (χ3v) is 4.16. The number of thiocarbonyl (C=S) groups is 1. The van der Waals surface area contributed by atoms with Gasteiger partial charge >= 0.3 is 0 Å². The third kappa shape index (κ3) is 5.13. The standard InChI is InChI=1S/C21H17ClO2S/c22-18-13-11-17(12-14-18)20(23-15-16-7-3-1-4-8-16)21(25)24-19-9-5-2-6-10-19/h1-14,20H,15H2. The van der Waals surface area contributed by atoms with Gasteiger partial charge in [0, 0.05) is 5.02 Å². The molecule has 0 heterocycles. The van der Waals surface area contributed by atoms with Crippen molar-refractivity contribution >= 4 is 28.9 Å². The minimum absolute atomic E-state index is 0.365. The number of halogens is 1. The molecule has 2 nitrogen and oxygen atoms in total. The fraction of sp³-hybridized carbons (Fsp3) is 0.0952. The van der Waals surface area contributed by atoms with Crippen molar-refractivity contribution in [1.29, 1.82) is 0 Å². The van der Waals surface area contributed by atoms with E-state index in [9.17, 15) is 0 Å². The fourth-order valence-corrected chi connectivity index (χ4v) is 2.78. The number of hydrogen-bond acceptors (Lipinski definition) is 3. The Bertz CT molecular complexity index is 804. The van der Waals surface area contributed by atoms with E-state index in [-0.39, 0.29) is 0 Å². The molecule has 3 rings (SSSR count). The Morgan fingerprint density at radius 3 is 2.08 bits per heavy atom. The van der Waals surface area contributed by atoms with Crippen molar-refractivity contribution in [3.63, 3.8) is 0 Å². The highest BCUT2D eigenvalue weighted by Gasteiger charge is 2.20. The minimum Gasteiger partial charge on any atom is -0.447 e. The Morgan fingerprint density at radius 2 is 1.44 bits per heavy atom. The molecule has 25 heavy (non-hydrogen) atoms. The zero-order valence-electron chi connectivity index (χ0n) is 13.5. The van der Waals surface area contributed by atoms with Crippen LogP contribution in [0.15, 0.2) is 84.9 Å². The molecule has 0 bridgehead atoms. The molecule has 0 amide bonds. The minimum atomic E-state index is -0.465. The Hall–Kier alpha value is -2.20. The smallest absolute Gasteiger partial charge is 0.200 e. The summed E-state index contributed by atoms with van der Waals surface area (Å²) in [6.45, 7) is 0.437. The normalized spacial score (nSPS) is 11.7. The summed E-state index contributed by atoms with van der Waals surface area (Å²) in [5.41, 5.74) is 1.98. The van der Waals surface area contributed by atoms with Gasteiger partial charge in [-0.15, -0.1) is 0 Å². The van der Waals surface area contributed by atoms with Crippen molar-refractivity contribution in [3.05, 3.63) is 101 Å². The summed E-state index contributed by atoms with van der Waals surface area (Å²) in [6.07, 6.45) is -0.465. The lowest BCUT2D eigenvalue weighted by Gasteiger charge is -2.20. The fourth-order valence-electron chi connectivity index (χ4n) is 2.35. The zero-order chi connectivity index (χ0) is 17.5. The first-order valence-corrected chi connectivity index (χ1v) is 8.69. The van der Waals surface area contributed by atoms with Gasteiger partial charge in [-0.05, 0) is 47.6 Å². The number of ether oxygens (including phenoxy) is 2. The molecular formula is C21H17ClO2S. The Balaban J connectivity index is 1.78. The van der Waals surface area contributed by atoms with Crippen LogP contribution in [0.5, 0.6) is 5.75 Å². The van der Waals surface area contributed by atoms with Crippen LogP contribution in [0.25, 0.3) is 0 Å². The van der Waals surface area contributed by atoms with Crippen LogP contribution in [0.1, 0.15) is 17.2 Å². The van der Waals surface area contributed by atoms with Crippen LogP contribution in [-0.2, 0) is 11.3 Å². The third-order valence-electron chi connectivity index (χ3n) is 3.61. The second-order valence-corrected chi connectivity index (χ2v) is 6.30. The van der Waals surface area contributed by atoms with E-state index in [0.29, 0.717) is 22.4 Å². The van der Waals surface area contributed by atoms with E-state index in [1.54, 1.807) is 0 Å². The summed E-state index contributed by atoms with van der Waals surface area (Å²) >= 11 is 11.5. The summed E-state index contributed by atoms with van der Waals surface area (Å²) < 4.78 is 11.9. The maximum atomic E-state index is 6.08. The molecule has 0 aliphatic heterocycles. The van der Waals surface area contributed by atoms with Crippen LogP contribution in [0.4, 0.5) is 0 Å². The summed E-state index contributed by atoms with van der Waals surface area (Å²) in [5, 5.41) is 1.03. The van der Waals surface area contributed by atoms with Crippen LogP contribution in [0.3, 0.4) is 0 Å². The van der Waals surface area contributed by atoms with Gasteiger partial charge in [0.15, 0.2) is 6.10 Å². The van der Waals surface area contributed by atoms with Crippen LogP contribution >= 0.6 is 23.8 Å². The van der Waals surface area contributed by atoms with Gasteiger partial charge in [0.1, 0.15) is 5.75 Å². The van der Waals surface area contributed by atoms with Crippen molar-refractivity contribution in [3.8, 4) is 5.75 Å². The topological polar surface area (TPSA) is 18.5 Å². The average Bonchev–Trinajstić information content (AvgIpc) is 2.65. The molecule has 0 aliphatic rings. The lowest BCUT2D eigenvalue weighted by Crippen LogP contribution is -2.19. The Labute approximate surface area is 158 Å². The zero-order valence-corrected chi connectivity index (χ0v) is 15.0. The Kier molecular flexibility index (Phi) is 6.18. The van der Waals surface area contributed by atoms with Crippen molar-refractivity contribution in [2.24, 2.45) is 0 Å². The van der Waals surface area contributed by atoms with Crippen LogP contribution in [0, 0.1) is 0 Å². The summed E-state index contributed by atoms with van der Waals surface area (Å²) in [6, 6.07) is 26.9. The lowest BCUT2D eigenvalue weighted by molar-refractivity contribution is 0.0769. The second-order valence-electron chi connectivity index (χ2n) is 5.46. The second kappa shape index (κ2) is 8.77. The van der Waals surface area contributed by atoms with Crippen molar-refractivity contribution < 1.29 is 9.47 Å². The first-order valence-electron chi connectivity index (χ1n) is 7.90. The lowest BCUT2D eigenvalue weighted by atomic mass is 10.1. The molecule has 0 saturated heterocycles. The number of rotatable bonds is 6. The predicted octanol–water partition coefficient (Wildman–Crippen LogP) is 6.00. The maximum Gasteiger partial charge on any atom is 0.200 e.